The van der Waals surface area contributed by atoms with Gasteiger partial charge in [0.2, 0.25) is 0 Å². The molecule has 2 atom stereocenters. The van der Waals surface area contributed by atoms with E-state index in [1.54, 1.807) is 6.07 Å². The average Bonchev–Trinajstić information content (AvgIpc) is 2.33. The number of hydrogen-bond acceptors (Lipinski definition) is 2. The van der Waals surface area contributed by atoms with Gasteiger partial charge >= 0.3 is 0 Å². The summed E-state index contributed by atoms with van der Waals surface area (Å²) >= 11 is 3.71. The van der Waals surface area contributed by atoms with E-state index in [2.05, 4.69) is 29.8 Å². The van der Waals surface area contributed by atoms with E-state index in [0.29, 0.717) is 10.6 Å². The van der Waals surface area contributed by atoms with E-state index in [1.165, 1.54) is 11.1 Å². The lowest BCUT2D eigenvalue weighted by Crippen LogP contribution is -2.54. The Kier molecular flexibility index (Phi) is 3.50. The average molecular weight is 298 g/mol. The minimum Gasteiger partial charge on any atom is -0.508 e. The number of hydrogen-bond donors (Lipinski definition) is 2. The summed E-state index contributed by atoms with van der Waals surface area (Å²) < 4.78 is 0. The second-order valence-corrected chi connectivity index (χ2v) is 6.13. The van der Waals surface area contributed by atoms with Crippen molar-refractivity contribution in [3.8, 4) is 5.75 Å². The first-order chi connectivity index (χ1) is 8.05. The largest absolute Gasteiger partial charge is 0.508 e. The topological polar surface area (TPSA) is 46.2 Å². The van der Waals surface area contributed by atoms with E-state index >= 15 is 0 Å². The van der Waals surface area contributed by atoms with E-state index in [9.17, 15) is 5.11 Å². The van der Waals surface area contributed by atoms with Crippen LogP contribution in [0, 0.1) is 0 Å². The standard InChI is InChI=1S/C14H20BrNO/c1-3-14(4-2)11-8-10(17)6-5-9(11)7-12(15)13(14)16/h5-6,8,12-13,17H,3-4,7,16H2,1-2H3. The van der Waals surface area contributed by atoms with Gasteiger partial charge in [0.25, 0.3) is 0 Å². The van der Waals surface area contributed by atoms with Crippen molar-refractivity contribution in [2.75, 3.05) is 0 Å². The number of halogens is 1. The van der Waals surface area contributed by atoms with Crippen molar-refractivity contribution in [3.05, 3.63) is 29.3 Å². The molecule has 3 heteroatoms. The van der Waals surface area contributed by atoms with Crippen LogP contribution in [-0.2, 0) is 11.8 Å². The first-order valence-corrected chi connectivity index (χ1v) is 7.18. The quantitative estimate of drug-likeness (QED) is 0.824. The Morgan fingerprint density at radius 1 is 1.41 bits per heavy atom. The fourth-order valence-electron chi connectivity index (χ4n) is 3.17. The number of aromatic hydroxyl groups is 1. The Labute approximate surface area is 111 Å². The molecule has 94 valence electrons. The van der Waals surface area contributed by atoms with Crippen molar-refractivity contribution in [3.63, 3.8) is 0 Å². The molecule has 1 aliphatic rings. The van der Waals surface area contributed by atoms with Gasteiger partial charge in [-0.2, -0.15) is 0 Å². The van der Waals surface area contributed by atoms with Crippen molar-refractivity contribution in [1.29, 1.82) is 0 Å². The van der Waals surface area contributed by atoms with Crippen molar-refractivity contribution in [1.82, 2.24) is 0 Å². The SMILES string of the molecule is CCC1(CC)c2cc(O)ccc2CC(Br)C1N. The minimum absolute atomic E-state index is 0.0134. The lowest BCUT2D eigenvalue weighted by Gasteiger charge is -2.45. The summed E-state index contributed by atoms with van der Waals surface area (Å²) in [6.07, 6.45) is 2.95. The van der Waals surface area contributed by atoms with Crippen LogP contribution >= 0.6 is 15.9 Å². The molecule has 2 nitrogen and oxygen atoms in total. The van der Waals surface area contributed by atoms with E-state index in [0.717, 1.165) is 19.3 Å². The maximum absolute atomic E-state index is 9.71. The van der Waals surface area contributed by atoms with Crippen LogP contribution in [0.5, 0.6) is 5.75 Å². The third-order valence-electron chi connectivity index (χ3n) is 4.33. The van der Waals surface area contributed by atoms with Crippen LogP contribution in [0.25, 0.3) is 0 Å². The van der Waals surface area contributed by atoms with Crippen molar-refractivity contribution < 1.29 is 5.11 Å². The van der Waals surface area contributed by atoms with Gasteiger partial charge in [0.1, 0.15) is 5.75 Å². The highest BCUT2D eigenvalue weighted by Gasteiger charge is 2.43. The van der Waals surface area contributed by atoms with Gasteiger partial charge in [-0.05, 0) is 42.5 Å². The molecule has 2 rings (SSSR count). The molecule has 1 aliphatic carbocycles. The smallest absolute Gasteiger partial charge is 0.115 e. The molecule has 0 bridgehead atoms. The number of phenols is 1. The predicted octanol–water partition coefficient (Wildman–Crippen LogP) is 3.10. The minimum atomic E-state index is -0.0134. The second-order valence-electron chi connectivity index (χ2n) is 4.95. The summed E-state index contributed by atoms with van der Waals surface area (Å²) in [7, 11) is 0. The van der Waals surface area contributed by atoms with Crippen molar-refractivity contribution in [2.24, 2.45) is 5.73 Å². The molecule has 0 spiro atoms. The zero-order valence-corrected chi connectivity index (χ0v) is 12.0. The van der Waals surface area contributed by atoms with Crippen LogP contribution < -0.4 is 5.73 Å². The monoisotopic (exact) mass is 297 g/mol. The molecule has 17 heavy (non-hydrogen) atoms. The van der Waals surface area contributed by atoms with Gasteiger partial charge in [-0.3, -0.25) is 0 Å². The van der Waals surface area contributed by atoms with Gasteiger partial charge in [0, 0.05) is 16.3 Å². The van der Waals surface area contributed by atoms with Gasteiger partial charge in [-0.25, -0.2) is 0 Å². The van der Waals surface area contributed by atoms with Crippen LogP contribution in [0.1, 0.15) is 37.8 Å². The molecule has 0 heterocycles. The van der Waals surface area contributed by atoms with Gasteiger partial charge in [0.15, 0.2) is 0 Å². The molecule has 0 saturated heterocycles. The molecule has 0 aliphatic heterocycles. The molecule has 1 aromatic carbocycles. The van der Waals surface area contributed by atoms with Crippen LogP contribution in [-0.4, -0.2) is 16.0 Å². The van der Waals surface area contributed by atoms with Crippen LogP contribution in [0.2, 0.25) is 0 Å². The molecule has 2 unspecified atom stereocenters. The molecule has 0 amide bonds. The molecular formula is C14H20BrNO. The van der Waals surface area contributed by atoms with Crippen LogP contribution in [0.4, 0.5) is 0 Å². The second kappa shape index (κ2) is 4.62. The van der Waals surface area contributed by atoms with Gasteiger partial charge in [-0.1, -0.05) is 35.8 Å². The summed E-state index contributed by atoms with van der Waals surface area (Å²) in [5, 5.41) is 9.71. The van der Waals surface area contributed by atoms with Gasteiger partial charge < -0.3 is 10.8 Å². The Hall–Kier alpha value is -0.540. The zero-order chi connectivity index (χ0) is 12.6. The van der Waals surface area contributed by atoms with E-state index < -0.39 is 0 Å². The molecule has 3 N–H and O–H groups in total. The summed E-state index contributed by atoms with van der Waals surface area (Å²) in [4.78, 5) is 0.319. The number of benzene rings is 1. The Morgan fingerprint density at radius 3 is 2.65 bits per heavy atom. The lowest BCUT2D eigenvalue weighted by molar-refractivity contribution is 0.292. The molecule has 1 aromatic rings. The normalized spacial score (nSPS) is 26.6. The number of fused-ring (bicyclic) bond motifs is 1. The summed E-state index contributed by atoms with van der Waals surface area (Å²) in [5.41, 5.74) is 8.96. The maximum Gasteiger partial charge on any atom is 0.115 e. The van der Waals surface area contributed by atoms with E-state index in [4.69, 9.17) is 5.73 Å². The van der Waals surface area contributed by atoms with Crippen molar-refractivity contribution >= 4 is 15.9 Å². The molecule has 0 saturated carbocycles. The van der Waals surface area contributed by atoms with E-state index in [-0.39, 0.29) is 11.5 Å². The van der Waals surface area contributed by atoms with Crippen LogP contribution in [0.3, 0.4) is 0 Å². The highest BCUT2D eigenvalue weighted by Crippen LogP contribution is 2.44. The fraction of sp³-hybridized carbons (Fsp3) is 0.571. The van der Waals surface area contributed by atoms with Crippen molar-refractivity contribution in [2.45, 2.75) is 49.4 Å². The first kappa shape index (κ1) is 12.9. The van der Waals surface area contributed by atoms with Gasteiger partial charge in [-0.15, -0.1) is 0 Å². The van der Waals surface area contributed by atoms with Crippen LogP contribution in [0.15, 0.2) is 18.2 Å². The summed E-state index contributed by atoms with van der Waals surface area (Å²) in [5.74, 6) is 0.343. The zero-order valence-electron chi connectivity index (χ0n) is 10.4. The predicted molar refractivity (Wildman–Crippen MR) is 74.8 cm³/mol. The van der Waals surface area contributed by atoms with Gasteiger partial charge in [0.05, 0.1) is 0 Å². The Morgan fingerprint density at radius 2 is 2.06 bits per heavy atom. The Balaban J connectivity index is 2.62. The molecule has 0 aromatic heterocycles. The molecule has 0 fully saturated rings. The highest BCUT2D eigenvalue weighted by atomic mass is 79.9. The summed E-state index contributed by atoms with van der Waals surface area (Å²) in [6.45, 7) is 4.37. The lowest BCUT2D eigenvalue weighted by atomic mass is 9.64. The fourth-order valence-corrected chi connectivity index (χ4v) is 4.03. The number of rotatable bonds is 2. The number of nitrogens with two attached hydrogens (primary N) is 1. The Bertz CT molecular complexity index is 415. The molecular weight excluding hydrogens is 278 g/mol. The first-order valence-electron chi connectivity index (χ1n) is 6.27. The third kappa shape index (κ3) is 1.89. The number of phenolic OH excluding ortho intramolecular Hbond substituents is 1. The molecule has 0 radical (unpaired) electrons. The highest BCUT2D eigenvalue weighted by molar-refractivity contribution is 9.09. The third-order valence-corrected chi connectivity index (χ3v) is 5.23. The number of alkyl halides is 1. The summed E-state index contributed by atoms with van der Waals surface area (Å²) in [6, 6.07) is 5.81. The van der Waals surface area contributed by atoms with E-state index in [1.807, 2.05) is 12.1 Å². The maximum atomic E-state index is 9.71.